The van der Waals surface area contributed by atoms with E-state index in [0.29, 0.717) is 11.1 Å². The van der Waals surface area contributed by atoms with Crippen molar-refractivity contribution in [1.82, 2.24) is 10.1 Å². The second-order valence-corrected chi connectivity index (χ2v) is 6.61. The highest BCUT2D eigenvalue weighted by molar-refractivity contribution is 6.14. The molecule has 0 aromatic heterocycles. The van der Waals surface area contributed by atoms with Gasteiger partial charge in [-0.15, -0.1) is 0 Å². The van der Waals surface area contributed by atoms with E-state index in [9.17, 15) is 9.59 Å². The molecule has 3 aromatic carbocycles. The Balaban J connectivity index is 2.40. The lowest BCUT2D eigenvalue weighted by atomic mass is 9.88. The van der Waals surface area contributed by atoms with Crippen molar-refractivity contribution in [2.75, 3.05) is 28.3 Å². The number of benzene rings is 3. The second-order valence-electron chi connectivity index (χ2n) is 6.61. The fourth-order valence-corrected chi connectivity index (χ4v) is 3.24. The number of carbonyl (C=O) groups excluding carboxylic acids is 2. The fourth-order valence-electron chi connectivity index (χ4n) is 3.24. The van der Waals surface area contributed by atoms with E-state index in [0.717, 1.165) is 21.3 Å². The van der Waals surface area contributed by atoms with Crippen LogP contribution in [0.15, 0.2) is 72.8 Å². The van der Waals surface area contributed by atoms with Gasteiger partial charge in [-0.1, -0.05) is 72.8 Å². The standard InChI is InChI=1S/C24H24N2O4/c1-25(29-3)23(27)21-19(17-11-7-5-8-12-17)15-16-20(18-13-9-6-10-14-18)22(21)24(28)26(2)30-4/h5-16H,1-4H3. The highest BCUT2D eigenvalue weighted by Crippen LogP contribution is 2.35. The first-order valence-electron chi connectivity index (χ1n) is 9.41. The maximum Gasteiger partial charge on any atom is 0.278 e. The van der Waals surface area contributed by atoms with Gasteiger partial charge in [0.2, 0.25) is 0 Å². The summed E-state index contributed by atoms with van der Waals surface area (Å²) in [5, 5.41) is 2.22. The van der Waals surface area contributed by atoms with E-state index in [1.807, 2.05) is 72.8 Å². The van der Waals surface area contributed by atoms with Crippen LogP contribution in [0.1, 0.15) is 20.7 Å². The molecule has 0 aliphatic rings. The molecule has 0 radical (unpaired) electrons. The lowest BCUT2D eigenvalue weighted by molar-refractivity contribution is -0.0779. The third-order valence-corrected chi connectivity index (χ3v) is 4.92. The molecule has 0 bridgehead atoms. The van der Waals surface area contributed by atoms with Crippen LogP contribution in [0.3, 0.4) is 0 Å². The molecular formula is C24H24N2O4. The average Bonchev–Trinajstić information content (AvgIpc) is 2.82. The van der Waals surface area contributed by atoms with Crippen molar-refractivity contribution in [2.45, 2.75) is 0 Å². The van der Waals surface area contributed by atoms with Crippen molar-refractivity contribution in [3.8, 4) is 22.3 Å². The van der Waals surface area contributed by atoms with Crippen molar-refractivity contribution < 1.29 is 19.3 Å². The Morgan fingerprint density at radius 3 is 1.23 bits per heavy atom. The summed E-state index contributed by atoms with van der Waals surface area (Å²) in [6.45, 7) is 0. The van der Waals surface area contributed by atoms with E-state index in [1.54, 1.807) is 0 Å². The SMILES string of the molecule is CON(C)C(=O)c1c(-c2ccccc2)ccc(-c2ccccc2)c1C(=O)N(C)OC. The lowest BCUT2D eigenvalue weighted by Gasteiger charge is -2.23. The van der Waals surface area contributed by atoms with Crippen molar-refractivity contribution in [3.05, 3.63) is 83.9 Å². The van der Waals surface area contributed by atoms with E-state index in [4.69, 9.17) is 9.68 Å². The monoisotopic (exact) mass is 404 g/mol. The molecule has 0 spiro atoms. The van der Waals surface area contributed by atoms with E-state index >= 15 is 0 Å². The molecule has 0 aliphatic carbocycles. The number of nitrogens with zero attached hydrogens (tertiary/aromatic N) is 2. The van der Waals surface area contributed by atoms with Crippen molar-refractivity contribution in [3.63, 3.8) is 0 Å². The largest absolute Gasteiger partial charge is 0.278 e. The second kappa shape index (κ2) is 9.35. The molecule has 0 unspecified atom stereocenters. The van der Waals surface area contributed by atoms with E-state index < -0.39 is 11.8 Å². The van der Waals surface area contributed by atoms with Crippen LogP contribution >= 0.6 is 0 Å². The Hall–Kier alpha value is -3.48. The Morgan fingerprint density at radius 1 is 0.600 bits per heavy atom. The molecule has 6 nitrogen and oxygen atoms in total. The summed E-state index contributed by atoms with van der Waals surface area (Å²) in [6, 6.07) is 22.7. The zero-order chi connectivity index (χ0) is 21.7. The van der Waals surface area contributed by atoms with Crippen LogP contribution in [-0.2, 0) is 9.68 Å². The molecular weight excluding hydrogens is 380 g/mol. The van der Waals surface area contributed by atoms with Crippen LogP contribution in [0.4, 0.5) is 0 Å². The third kappa shape index (κ3) is 4.10. The van der Waals surface area contributed by atoms with Gasteiger partial charge < -0.3 is 0 Å². The van der Waals surface area contributed by atoms with Crippen molar-refractivity contribution >= 4 is 11.8 Å². The summed E-state index contributed by atoms with van der Waals surface area (Å²) in [4.78, 5) is 37.1. The number of hydroxylamine groups is 4. The van der Waals surface area contributed by atoms with Crippen LogP contribution in [0.5, 0.6) is 0 Å². The maximum absolute atomic E-state index is 13.4. The molecule has 6 heteroatoms. The third-order valence-electron chi connectivity index (χ3n) is 4.92. The number of carbonyl (C=O) groups is 2. The molecule has 0 saturated carbocycles. The molecule has 3 rings (SSSR count). The molecule has 154 valence electrons. The van der Waals surface area contributed by atoms with Crippen LogP contribution in [0.25, 0.3) is 22.3 Å². The number of amides is 2. The smallest absolute Gasteiger partial charge is 0.274 e. The predicted molar refractivity (Wildman–Crippen MR) is 116 cm³/mol. The zero-order valence-electron chi connectivity index (χ0n) is 17.5. The van der Waals surface area contributed by atoms with Crippen LogP contribution in [0.2, 0.25) is 0 Å². The minimum atomic E-state index is -0.429. The Bertz CT molecular complexity index is 951. The van der Waals surface area contributed by atoms with Gasteiger partial charge in [-0.3, -0.25) is 19.3 Å². The summed E-state index contributed by atoms with van der Waals surface area (Å²) in [5.74, 6) is -0.857. The topological polar surface area (TPSA) is 59.1 Å². The summed E-state index contributed by atoms with van der Waals surface area (Å²) < 4.78 is 0. The van der Waals surface area contributed by atoms with Crippen LogP contribution in [0, 0.1) is 0 Å². The van der Waals surface area contributed by atoms with Gasteiger partial charge in [-0.05, 0) is 22.3 Å². The van der Waals surface area contributed by atoms with Gasteiger partial charge in [0.25, 0.3) is 11.8 Å². The molecule has 0 saturated heterocycles. The summed E-state index contributed by atoms with van der Waals surface area (Å²) in [5.41, 5.74) is 3.41. The van der Waals surface area contributed by atoms with Gasteiger partial charge in [0, 0.05) is 14.1 Å². The van der Waals surface area contributed by atoms with E-state index in [-0.39, 0.29) is 11.1 Å². The van der Waals surface area contributed by atoms with Gasteiger partial charge in [0.05, 0.1) is 25.3 Å². The summed E-state index contributed by atoms with van der Waals surface area (Å²) in [6.07, 6.45) is 0. The van der Waals surface area contributed by atoms with E-state index in [2.05, 4.69) is 0 Å². The molecule has 2 amide bonds. The average molecular weight is 404 g/mol. The molecule has 0 heterocycles. The lowest BCUT2D eigenvalue weighted by Crippen LogP contribution is -2.32. The first kappa shape index (κ1) is 21.2. The van der Waals surface area contributed by atoms with E-state index in [1.165, 1.54) is 28.3 Å². The number of hydrogen-bond acceptors (Lipinski definition) is 4. The van der Waals surface area contributed by atoms with Gasteiger partial charge in [-0.2, -0.15) is 0 Å². The summed E-state index contributed by atoms with van der Waals surface area (Å²) in [7, 11) is 5.84. The van der Waals surface area contributed by atoms with Gasteiger partial charge in [0.15, 0.2) is 0 Å². The quantitative estimate of drug-likeness (QED) is 0.575. The van der Waals surface area contributed by atoms with Crippen molar-refractivity contribution in [2.24, 2.45) is 0 Å². The first-order chi connectivity index (χ1) is 14.5. The highest BCUT2D eigenvalue weighted by atomic mass is 16.7. The fraction of sp³-hybridized carbons (Fsp3) is 0.167. The Morgan fingerprint density at radius 2 is 0.933 bits per heavy atom. The molecule has 0 atom stereocenters. The molecule has 0 fully saturated rings. The Labute approximate surface area is 176 Å². The minimum absolute atomic E-state index is 0.251. The highest BCUT2D eigenvalue weighted by Gasteiger charge is 2.29. The van der Waals surface area contributed by atoms with Gasteiger partial charge >= 0.3 is 0 Å². The minimum Gasteiger partial charge on any atom is -0.274 e. The predicted octanol–water partition coefficient (Wildman–Crippen LogP) is 4.29. The molecule has 3 aromatic rings. The molecule has 0 N–H and O–H groups in total. The van der Waals surface area contributed by atoms with Gasteiger partial charge in [-0.25, -0.2) is 10.1 Å². The van der Waals surface area contributed by atoms with Crippen LogP contribution in [-0.4, -0.2) is 50.3 Å². The summed E-state index contributed by atoms with van der Waals surface area (Å²) >= 11 is 0. The normalized spacial score (nSPS) is 10.5. The van der Waals surface area contributed by atoms with Crippen LogP contribution < -0.4 is 0 Å². The molecule has 30 heavy (non-hydrogen) atoms. The first-order valence-corrected chi connectivity index (χ1v) is 9.41. The Kier molecular flexibility index (Phi) is 6.61. The number of rotatable bonds is 6. The maximum atomic E-state index is 13.4. The zero-order valence-corrected chi connectivity index (χ0v) is 17.5. The van der Waals surface area contributed by atoms with Gasteiger partial charge in [0.1, 0.15) is 0 Å². The number of hydrogen-bond donors (Lipinski definition) is 0. The van der Waals surface area contributed by atoms with Crippen molar-refractivity contribution in [1.29, 1.82) is 0 Å². The molecule has 0 aliphatic heterocycles.